The Kier molecular flexibility index (Phi) is 7.48. The molecule has 0 aliphatic carbocycles. The van der Waals surface area contributed by atoms with E-state index in [1.165, 1.54) is 7.05 Å². The lowest BCUT2D eigenvalue weighted by atomic mass is 10.1. The van der Waals surface area contributed by atoms with Crippen LogP contribution in [0.3, 0.4) is 0 Å². The average molecular weight is 404 g/mol. The number of carbonyl (C=O) groups excluding carboxylic acids is 2. The summed E-state index contributed by atoms with van der Waals surface area (Å²) in [6.07, 6.45) is -9.26. The number of carbonyl (C=O) groups is 2. The Morgan fingerprint density at radius 3 is 2.41 bits per heavy atom. The lowest BCUT2D eigenvalue weighted by Crippen LogP contribution is -2.44. The van der Waals surface area contributed by atoms with Crippen LogP contribution < -0.4 is 10.6 Å². The summed E-state index contributed by atoms with van der Waals surface area (Å²) in [6, 6.07) is -0.828. The van der Waals surface area contributed by atoms with E-state index in [2.05, 4.69) is 20.5 Å². The molecule has 0 aromatic carbocycles. The highest BCUT2D eigenvalue weighted by atomic mass is 19.4. The Morgan fingerprint density at radius 1 is 1.26 bits per heavy atom. The van der Waals surface area contributed by atoms with Crippen molar-refractivity contribution in [3.63, 3.8) is 0 Å². The standard InChI is InChI=1S/C14H18F6N4O3/c1-3-4-8(22-12(26)27-7-13(15,16)17)5-21-11(25)9-6-24(2)23-10(9)14(18,19)20/h6,8H,3-5,7H2,1-2H3,(H,21,25)(H,22,26). The van der Waals surface area contributed by atoms with Gasteiger partial charge in [0.2, 0.25) is 0 Å². The van der Waals surface area contributed by atoms with Gasteiger partial charge in [-0.25, -0.2) is 4.79 Å². The van der Waals surface area contributed by atoms with Crippen LogP contribution in [-0.2, 0) is 18.0 Å². The number of ether oxygens (including phenoxy) is 1. The molecule has 0 fully saturated rings. The minimum atomic E-state index is -4.84. The van der Waals surface area contributed by atoms with E-state index in [0.717, 1.165) is 10.9 Å². The summed E-state index contributed by atoms with van der Waals surface area (Å²) in [4.78, 5) is 23.4. The predicted molar refractivity (Wildman–Crippen MR) is 79.8 cm³/mol. The lowest BCUT2D eigenvalue weighted by molar-refractivity contribution is -0.160. The molecule has 1 atom stereocenters. The van der Waals surface area contributed by atoms with Crippen molar-refractivity contribution in [2.45, 2.75) is 38.2 Å². The Hall–Kier alpha value is -2.47. The van der Waals surface area contributed by atoms with Gasteiger partial charge in [-0.05, 0) is 6.42 Å². The molecular weight excluding hydrogens is 386 g/mol. The van der Waals surface area contributed by atoms with Crippen LogP contribution in [0.5, 0.6) is 0 Å². The number of halogens is 6. The Balaban J connectivity index is 2.69. The molecule has 0 bridgehead atoms. The van der Waals surface area contributed by atoms with Crippen molar-refractivity contribution in [3.8, 4) is 0 Å². The van der Waals surface area contributed by atoms with Gasteiger partial charge in [-0.15, -0.1) is 0 Å². The van der Waals surface area contributed by atoms with Crippen molar-refractivity contribution in [1.82, 2.24) is 20.4 Å². The first kappa shape index (κ1) is 22.6. The number of alkyl halides is 6. The molecule has 13 heteroatoms. The molecule has 1 unspecified atom stereocenters. The van der Waals surface area contributed by atoms with E-state index in [0.29, 0.717) is 6.42 Å². The number of amides is 2. The number of alkyl carbamates (subject to hydrolysis) is 1. The van der Waals surface area contributed by atoms with Gasteiger partial charge in [0.1, 0.15) is 0 Å². The molecule has 1 heterocycles. The van der Waals surface area contributed by atoms with E-state index < -0.39 is 48.3 Å². The van der Waals surface area contributed by atoms with Crippen LogP contribution in [0.25, 0.3) is 0 Å². The van der Waals surface area contributed by atoms with Gasteiger partial charge in [0.15, 0.2) is 12.3 Å². The second-order valence-electron chi connectivity index (χ2n) is 5.59. The molecule has 1 rings (SSSR count). The van der Waals surface area contributed by atoms with Crippen molar-refractivity contribution in [2.75, 3.05) is 13.2 Å². The van der Waals surface area contributed by atoms with Crippen molar-refractivity contribution >= 4 is 12.0 Å². The third-order valence-corrected chi connectivity index (χ3v) is 3.18. The lowest BCUT2D eigenvalue weighted by Gasteiger charge is -2.19. The highest BCUT2D eigenvalue weighted by Crippen LogP contribution is 2.30. The zero-order valence-electron chi connectivity index (χ0n) is 14.4. The molecule has 0 saturated carbocycles. The largest absolute Gasteiger partial charge is 0.440 e. The summed E-state index contributed by atoms with van der Waals surface area (Å²) in [5.74, 6) is -1.08. The van der Waals surface area contributed by atoms with Crippen LogP contribution >= 0.6 is 0 Å². The first-order chi connectivity index (χ1) is 12.3. The molecule has 0 saturated heterocycles. The minimum Gasteiger partial charge on any atom is -0.440 e. The van der Waals surface area contributed by atoms with Gasteiger partial charge in [0, 0.05) is 25.8 Å². The van der Waals surface area contributed by atoms with Crippen LogP contribution in [-0.4, -0.2) is 47.2 Å². The second-order valence-corrected chi connectivity index (χ2v) is 5.59. The van der Waals surface area contributed by atoms with Crippen LogP contribution in [0.2, 0.25) is 0 Å². The molecule has 0 aliphatic heterocycles. The summed E-state index contributed by atoms with van der Waals surface area (Å²) in [5, 5.41) is 7.53. The topological polar surface area (TPSA) is 85.3 Å². The number of nitrogens with zero attached hydrogens (tertiary/aromatic N) is 2. The molecule has 0 spiro atoms. The molecular formula is C14H18F6N4O3. The maximum atomic E-state index is 12.9. The van der Waals surface area contributed by atoms with Crippen LogP contribution in [0, 0.1) is 0 Å². The third-order valence-electron chi connectivity index (χ3n) is 3.18. The molecule has 7 nitrogen and oxygen atoms in total. The third kappa shape index (κ3) is 7.74. The predicted octanol–water partition coefficient (Wildman–Crippen LogP) is 2.63. The van der Waals surface area contributed by atoms with Crippen molar-refractivity contribution in [1.29, 1.82) is 0 Å². The first-order valence-corrected chi connectivity index (χ1v) is 7.72. The van der Waals surface area contributed by atoms with Gasteiger partial charge >= 0.3 is 18.4 Å². The molecule has 154 valence electrons. The van der Waals surface area contributed by atoms with Gasteiger partial charge in [-0.1, -0.05) is 13.3 Å². The van der Waals surface area contributed by atoms with E-state index in [1.54, 1.807) is 6.92 Å². The highest BCUT2D eigenvalue weighted by Gasteiger charge is 2.39. The van der Waals surface area contributed by atoms with E-state index in [-0.39, 0.29) is 13.0 Å². The minimum absolute atomic E-state index is 0.251. The Bertz CT molecular complexity index is 656. The number of hydrogen-bond donors (Lipinski definition) is 2. The maximum Gasteiger partial charge on any atom is 0.435 e. The summed E-state index contributed by atoms with van der Waals surface area (Å²) < 4.78 is 79.5. The second kappa shape index (κ2) is 8.95. The van der Waals surface area contributed by atoms with Gasteiger partial charge in [0.05, 0.1) is 5.56 Å². The zero-order valence-corrected chi connectivity index (χ0v) is 14.4. The normalized spacial score (nSPS) is 13.2. The van der Waals surface area contributed by atoms with Gasteiger partial charge in [0.25, 0.3) is 5.91 Å². The SMILES string of the molecule is CCCC(CNC(=O)c1cn(C)nc1C(F)(F)F)NC(=O)OCC(F)(F)F. The van der Waals surface area contributed by atoms with Gasteiger partial charge < -0.3 is 15.4 Å². The quantitative estimate of drug-likeness (QED) is 0.685. The first-order valence-electron chi connectivity index (χ1n) is 7.72. The molecule has 0 radical (unpaired) electrons. The molecule has 1 aromatic heterocycles. The summed E-state index contributed by atoms with van der Waals surface area (Å²) in [6.45, 7) is -0.380. The smallest absolute Gasteiger partial charge is 0.435 e. The Labute approximate surface area is 150 Å². The molecule has 0 aliphatic rings. The van der Waals surface area contributed by atoms with E-state index in [4.69, 9.17) is 0 Å². The molecule has 2 amide bonds. The van der Waals surface area contributed by atoms with E-state index in [9.17, 15) is 35.9 Å². The molecule has 27 heavy (non-hydrogen) atoms. The number of aryl methyl sites for hydroxylation is 1. The highest BCUT2D eigenvalue weighted by molar-refractivity contribution is 5.95. The number of nitrogens with one attached hydrogen (secondary N) is 2. The van der Waals surface area contributed by atoms with Gasteiger partial charge in [-0.2, -0.15) is 31.4 Å². The number of aromatic nitrogens is 2. The molecule has 2 N–H and O–H groups in total. The summed E-state index contributed by atoms with van der Waals surface area (Å²) in [7, 11) is 1.21. The van der Waals surface area contributed by atoms with Crippen LogP contribution in [0.15, 0.2) is 6.20 Å². The fraction of sp³-hybridized carbons (Fsp3) is 0.643. The van der Waals surface area contributed by atoms with Crippen molar-refractivity contribution in [2.24, 2.45) is 7.05 Å². The van der Waals surface area contributed by atoms with Gasteiger partial charge in [-0.3, -0.25) is 9.48 Å². The van der Waals surface area contributed by atoms with Crippen LogP contribution in [0.1, 0.15) is 35.8 Å². The maximum absolute atomic E-state index is 12.9. The van der Waals surface area contributed by atoms with Crippen molar-refractivity contribution in [3.05, 3.63) is 17.5 Å². The van der Waals surface area contributed by atoms with E-state index >= 15 is 0 Å². The van der Waals surface area contributed by atoms with Crippen LogP contribution in [0.4, 0.5) is 31.1 Å². The van der Waals surface area contributed by atoms with E-state index in [1.807, 2.05) is 0 Å². The van der Waals surface area contributed by atoms with Crippen molar-refractivity contribution < 1.29 is 40.7 Å². The average Bonchev–Trinajstić information content (AvgIpc) is 2.92. The summed E-state index contributed by atoms with van der Waals surface area (Å²) in [5.41, 5.74) is -2.08. The summed E-state index contributed by atoms with van der Waals surface area (Å²) >= 11 is 0. The zero-order chi connectivity index (χ0) is 20.8. The fourth-order valence-electron chi connectivity index (χ4n) is 2.10. The fourth-order valence-corrected chi connectivity index (χ4v) is 2.10. The monoisotopic (exact) mass is 404 g/mol. The number of hydrogen-bond acceptors (Lipinski definition) is 4. The number of rotatable bonds is 7. The molecule has 1 aromatic rings. The Morgan fingerprint density at radius 2 is 1.89 bits per heavy atom.